The van der Waals surface area contributed by atoms with Gasteiger partial charge in [0, 0.05) is 25.2 Å². The Morgan fingerprint density at radius 3 is 2.83 bits per heavy atom. The van der Waals surface area contributed by atoms with Crippen LogP contribution in [0.1, 0.15) is 39.0 Å². The third-order valence-electron chi connectivity index (χ3n) is 4.71. The van der Waals surface area contributed by atoms with Gasteiger partial charge in [-0.3, -0.25) is 4.90 Å². The van der Waals surface area contributed by atoms with Crippen molar-refractivity contribution in [3.05, 3.63) is 0 Å². The van der Waals surface area contributed by atoms with Crippen molar-refractivity contribution in [2.75, 3.05) is 40.3 Å². The zero-order chi connectivity index (χ0) is 13.0. The molecule has 0 spiro atoms. The highest BCUT2D eigenvalue weighted by atomic mass is 15.2. The maximum atomic E-state index is 3.73. The predicted octanol–water partition coefficient (Wildman–Crippen LogP) is 1.79. The molecule has 0 amide bonds. The lowest BCUT2D eigenvalue weighted by Gasteiger charge is -2.35. The average molecular weight is 253 g/mol. The predicted molar refractivity (Wildman–Crippen MR) is 78.0 cm³/mol. The number of rotatable bonds is 5. The van der Waals surface area contributed by atoms with Crippen LogP contribution in [0.4, 0.5) is 0 Å². The first kappa shape index (κ1) is 14.3. The highest BCUT2D eigenvalue weighted by Crippen LogP contribution is 2.23. The summed E-state index contributed by atoms with van der Waals surface area (Å²) in [6.45, 7) is 7.39. The van der Waals surface area contributed by atoms with Crippen molar-refractivity contribution < 1.29 is 0 Å². The van der Waals surface area contributed by atoms with Crippen LogP contribution in [0.25, 0.3) is 0 Å². The minimum absolute atomic E-state index is 0.742. The minimum atomic E-state index is 0.742. The summed E-state index contributed by atoms with van der Waals surface area (Å²) in [5.41, 5.74) is 0. The van der Waals surface area contributed by atoms with Crippen molar-refractivity contribution in [2.45, 2.75) is 51.1 Å². The van der Waals surface area contributed by atoms with Crippen LogP contribution in [0.5, 0.6) is 0 Å². The highest BCUT2D eigenvalue weighted by Gasteiger charge is 2.29. The first-order valence-electron chi connectivity index (χ1n) is 7.81. The molecule has 3 nitrogen and oxygen atoms in total. The summed E-state index contributed by atoms with van der Waals surface area (Å²) in [7, 11) is 4.39. The minimum Gasteiger partial charge on any atom is -0.313 e. The maximum Gasteiger partial charge on any atom is 0.0224 e. The van der Waals surface area contributed by atoms with Gasteiger partial charge in [-0.25, -0.2) is 0 Å². The molecule has 0 radical (unpaired) electrons. The van der Waals surface area contributed by atoms with Crippen molar-refractivity contribution in [1.29, 1.82) is 0 Å². The summed E-state index contributed by atoms with van der Waals surface area (Å²) in [6.07, 6.45) is 6.92. The SMILES string of the molecule is CCC1CCNC(CN2CCCC2CN(C)C)C1. The Bertz CT molecular complexity index is 242. The molecule has 0 bridgehead atoms. The molecule has 2 aliphatic heterocycles. The maximum absolute atomic E-state index is 3.73. The van der Waals surface area contributed by atoms with Gasteiger partial charge in [-0.1, -0.05) is 13.3 Å². The van der Waals surface area contributed by atoms with E-state index < -0.39 is 0 Å². The largest absolute Gasteiger partial charge is 0.313 e. The Labute approximate surface area is 113 Å². The molecular formula is C15H31N3. The number of nitrogens with zero attached hydrogens (tertiary/aromatic N) is 2. The highest BCUT2D eigenvalue weighted by molar-refractivity contribution is 4.87. The lowest BCUT2D eigenvalue weighted by atomic mass is 9.90. The molecule has 2 heterocycles. The molecule has 2 saturated heterocycles. The number of nitrogens with one attached hydrogen (secondary N) is 1. The van der Waals surface area contributed by atoms with Crippen molar-refractivity contribution >= 4 is 0 Å². The topological polar surface area (TPSA) is 18.5 Å². The van der Waals surface area contributed by atoms with Gasteiger partial charge in [-0.15, -0.1) is 0 Å². The second-order valence-electron chi connectivity index (χ2n) is 6.50. The van der Waals surface area contributed by atoms with Crippen molar-refractivity contribution in [1.82, 2.24) is 15.1 Å². The van der Waals surface area contributed by atoms with Gasteiger partial charge < -0.3 is 10.2 Å². The molecule has 3 unspecified atom stereocenters. The summed E-state index contributed by atoms with van der Waals surface area (Å²) in [5, 5.41) is 3.73. The van der Waals surface area contributed by atoms with E-state index in [1.165, 1.54) is 58.3 Å². The van der Waals surface area contributed by atoms with Gasteiger partial charge in [0.25, 0.3) is 0 Å². The van der Waals surface area contributed by atoms with Gasteiger partial charge in [0.05, 0.1) is 0 Å². The molecule has 2 rings (SSSR count). The molecule has 3 atom stereocenters. The molecular weight excluding hydrogens is 222 g/mol. The Morgan fingerprint density at radius 2 is 2.11 bits per heavy atom. The van der Waals surface area contributed by atoms with Crippen molar-refractivity contribution in [3.8, 4) is 0 Å². The lowest BCUT2D eigenvalue weighted by Crippen LogP contribution is -2.48. The molecule has 0 aromatic heterocycles. The zero-order valence-electron chi connectivity index (χ0n) is 12.5. The summed E-state index contributed by atoms with van der Waals surface area (Å²) in [5.74, 6) is 0.964. The molecule has 0 aromatic rings. The molecule has 3 heteroatoms. The fourth-order valence-corrected chi connectivity index (χ4v) is 3.65. The Hall–Kier alpha value is -0.120. The fraction of sp³-hybridized carbons (Fsp3) is 1.00. The van der Waals surface area contributed by atoms with Gasteiger partial charge >= 0.3 is 0 Å². The molecule has 1 N–H and O–H groups in total. The van der Waals surface area contributed by atoms with Crippen LogP contribution in [0.3, 0.4) is 0 Å². The lowest BCUT2D eigenvalue weighted by molar-refractivity contribution is 0.166. The molecule has 2 aliphatic rings. The standard InChI is InChI=1S/C15H31N3/c1-4-13-7-8-16-14(10-13)11-18-9-5-6-15(18)12-17(2)3/h13-16H,4-12H2,1-3H3. The molecule has 0 aliphatic carbocycles. The smallest absolute Gasteiger partial charge is 0.0224 e. The third-order valence-corrected chi connectivity index (χ3v) is 4.71. The fourth-order valence-electron chi connectivity index (χ4n) is 3.65. The van der Waals surface area contributed by atoms with E-state index in [0.717, 1.165) is 18.0 Å². The summed E-state index contributed by atoms with van der Waals surface area (Å²) in [4.78, 5) is 5.07. The van der Waals surface area contributed by atoms with E-state index in [1.54, 1.807) is 0 Å². The van der Waals surface area contributed by atoms with Crippen LogP contribution in [0.15, 0.2) is 0 Å². The Kier molecular flexibility index (Phi) is 5.46. The van der Waals surface area contributed by atoms with Gasteiger partial charge in [0.1, 0.15) is 0 Å². The normalized spacial score (nSPS) is 34.3. The van der Waals surface area contributed by atoms with E-state index in [9.17, 15) is 0 Å². The van der Waals surface area contributed by atoms with E-state index in [0.29, 0.717) is 0 Å². The van der Waals surface area contributed by atoms with Gasteiger partial charge in [0.2, 0.25) is 0 Å². The number of hydrogen-bond donors (Lipinski definition) is 1. The van der Waals surface area contributed by atoms with Gasteiger partial charge in [0.15, 0.2) is 0 Å². The summed E-state index contributed by atoms with van der Waals surface area (Å²) >= 11 is 0. The molecule has 0 aromatic carbocycles. The summed E-state index contributed by atoms with van der Waals surface area (Å²) < 4.78 is 0. The number of likely N-dealkylation sites (tertiary alicyclic amines) is 1. The molecule has 18 heavy (non-hydrogen) atoms. The monoisotopic (exact) mass is 253 g/mol. The molecule has 106 valence electrons. The van der Waals surface area contributed by atoms with Crippen LogP contribution in [0.2, 0.25) is 0 Å². The average Bonchev–Trinajstić information content (AvgIpc) is 2.76. The van der Waals surface area contributed by atoms with Crippen LogP contribution in [-0.2, 0) is 0 Å². The van der Waals surface area contributed by atoms with E-state index in [-0.39, 0.29) is 0 Å². The van der Waals surface area contributed by atoms with Crippen molar-refractivity contribution in [2.24, 2.45) is 5.92 Å². The van der Waals surface area contributed by atoms with E-state index >= 15 is 0 Å². The number of piperidine rings is 1. The van der Waals surface area contributed by atoms with Crippen molar-refractivity contribution in [3.63, 3.8) is 0 Å². The number of likely N-dealkylation sites (N-methyl/N-ethyl adjacent to an activating group) is 1. The van der Waals surface area contributed by atoms with Crippen LogP contribution >= 0.6 is 0 Å². The summed E-state index contributed by atoms with van der Waals surface area (Å²) in [6, 6.07) is 1.54. The van der Waals surface area contributed by atoms with E-state index in [4.69, 9.17) is 0 Å². The Balaban J connectivity index is 1.80. The zero-order valence-corrected chi connectivity index (χ0v) is 12.5. The van der Waals surface area contributed by atoms with E-state index in [2.05, 4.69) is 36.1 Å². The van der Waals surface area contributed by atoms with Gasteiger partial charge in [-0.2, -0.15) is 0 Å². The van der Waals surface area contributed by atoms with Gasteiger partial charge in [-0.05, 0) is 58.8 Å². The van der Waals surface area contributed by atoms with Crippen LogP contribution in [-0.4, -0.2) is 62.2 Å². The quantitative estimate of drug-likeness (QED) is 0.806. The molecule has 2 fully saturated rings. The van der Waals surface area contributed by atoms with Crippen LogP contribution < -0.4 is 5.32 Å². The number of hydrogen-bond acceptors (Lipinski definition) is 3. The third kappa shape index (κ3) is 3.94. The first-order valence-corrected chi connectivity index (χ1v) is 7.81. The van der Waals surface area contributed by atoms with Crippen LogP contribution in [0, 0.1) is 5.92 Å². The second-order valence-corrected chi connectivity index (χ2v) is 6.50. The van der Waals surface area contributed by atoms with E-state index in [1.807, 2.05) is 0 Å². The Morgan fingerprint density at radius 1 is 1.28 bits per heavy atom. The second kappa shape index (κ2) is 6.88. The first-order chi connectivity index (χ1) is 8.69. The molecule has 0 saturated carbocycles.